The number of hydrogen-bond acceptors (Lipinski definition) is 4. The molecule has 0 aliphatic heterocycles. The molecule has 0 saturated carbocycles. The minimum Gasteiger partial charge on any atom is -0.490 e. The van der Waals surface area contributed by atoms with E-state index in [4.69, 9.17) is 23.4 Å². The lowest BCUT2D eigenvalue weighted by Gasteiger charge is -2.12. The number of ether oxygens (including phenoxy) is 1. The first kappa shape index (κ1) is 18.7. The van der Waals surface area contributed by atoms with Crippen molar-refractivity contribution < 1.29 is 9.13 Å². The molecule has 0 amide bonds. The highest BCUT2D eigenvalue weighted by Crippen LogP contribution is 2.21. The fourth-order valence-electron chi connectivity index (χ4n) is 2.51. The molecule has 1 aromatic carbocycles. The van der Waals surface area contributed by atoms with Crippen molar-refractivity contribution in [1.82, 2.24) is 15.3 Å². The van der Waals surface area contributed by atoms with E-state index in [9.17, 15) is 4.39 Å². The molecular weight excluding hydrogens is 361 g/mol. The first-order valence-electron chi connectivity index (χ1n) is 8.52. The van der Waals surface area contributed by atoms with Crippen molar-refractivity contribution in [2.24, 2.45) is 0 Å². The van der Waals surface area contributed by atoms with E-state index in [0.29, 0.717) is 35.7 Å². The first-order chi connectivity index (χ1) is 13.2. The van der Waals surface area contributed by atoms with Crippen LogP contribution in [-0.2, 0) is 6.54 Å². The lowest BCUT2D eigenvalue weighted by molar-refractivity contribution is 0.296. The average molecular weight is 379 g/mol. The van der Waals surface area contributed by atoms with Crippen LogP contribution in [0.15, 0.2) is 48.7 Å². The van der Waals surface area contributed by atoms with Crippen molar-refractivity contribution in [1.29, 1.82) is 0 Å². The summed E-state index contributed by atoms with van der Waals surface area (Å²) in [6.45, 7) is 0.616. The Morgan fingerprint density at radius 2 is 2.07 bits per heavy atom. The molecule has 2 heterocycles. The second kappa shape index (κ2) is 9.06. The van der Waals surface area contributed by atoms with E-state index in [1.54, 1.807) is 30.5 Å². The third-order valence-corrected chi connectivity index (χ3v) is 4.25. The molecule has 3 aromatic rings. The largest absolute Gasteiger partial charge is 0.490 e. The van der Waals surface area contributed by atoms with Crippen LogP contribution < -0.4 is 10.1 Å². The van der Waals surface area contributed by atoms with Gasteiger partial charge in [-0.15, -0.1) is 12.3 Å². The van der Waals surface area contributed by atoms with Crippen molar-refractivity contribution in [2.75, 3.05) is 6.61 Å². The van der Waals surface area contributed by atoms with E-state index in [0.717, 1.165) is 11.0 Å². The molecule has 0 aliphatic rings. The molecule has 0 aliphatic carbocycles. The maximum absolute atomic E-state index is 14.6. The van der Waals surface area contributed by atoms with Gasteiger partial charge in [0.25, 0.3) is 0 Å². The highest BCUT2D eigenvalue weighted by molar-refractivity contribution is 7.80. The fraction of sp³-hybridized carbons (Fsp3) is 0.190. The number of aromatic nitrogens is 2. The third-order valence-electron chi connectivity index (χ3n) is 3.89. The van der Waals surface area contributed by atoms with Crippen LogP contribution in [0.5, 0.6) is 5.75 Å². The lowest BCUT2D eigenvalue weighted by atomic mass is 10.2. The summed E-state index contributed by atoms with van der Waals surface area (Å²) in [4.78, 5) is 9.16. The second-order valence-corrected chi connectivity index (χ2v) is 6.21. The van der Waals surface area contributed by atoms with E-state index in [1.807, 2.05) is 18.2 Å². The number of nitrogens with zero attached hydrogens (tertiary/aromatic N) is 2. The minimum atomic E-state index is -0.399. The Bertz CT molecular complexity index is 1000. The molecule has 0 spiro atoms. The van der Waals surface area contributed by atoms with Gasteiger partial charge < -0.3 is 10.1 Å². The smallest absolute Gasteiger partial charge is 0.170 e. The molecule has 0 atom stereocenters. The van der Waals surface area contributed by atoms with Gasteiger partial charge in [0.15, 0.2) is 11.6 Å². The maximum Gasteiger partial charge on any atom is 0.170 e. The molecule has 0 bridgehead atoms. The number of fused-ring (bicyclic) bond motifs is 1. The molecule has 0 fully saturated rings. The van der Waals surface area contributed by atoms with Crippen LogP contribution in [-0.4, -0.2) is 21.6 Å². The van der Waals surface area contributed by atoms with Crippen LogP contribution in [0.25, 0.3) is 11.0 Å². The van der Waals surface area contributed by atoms with Crippen LogP contribution >= 0.6 is 12.2 Å². The van der Waals surface area contributed by atoms with Gasteiger partial charge in [-0.1, -0.05) is 24.4 Å². The minimum absolute atomic E-state index is 0.215. The van der Waals surface area contributed by atoms with Crippen LogP contribution in [0.4, 0.5) is 4.39 Å². The molecule has 6 heteroatoms. The zero-order valence-electron chi connectivity index (χ0n) is 14.6. The molecule has 0 radical (unpaired) electrons. The van der Waals surface area contributed by atoms with Crippen LogP contribution in [0.1, 0.15) is 24.1 Å². The first-order valence-corrected chi connectivity index (χ1v) is 8.93. The zero-order chi connectivity index (χ0) is 19.1. The van der Waals surface area contributed by atoms with Gasteiger partial charge in [0, 0.05) is 24.7 Å². The van der Waals surface area contributed by atoms with E-state index in [-0.39, 0.29) is 12.3 Å². The number of benzene rings is 1. The summed E-state index contributed by atoms with van der Waals surface area (Å²) < 4.78 is 20.0. The van der Waals surface area contributed by atoms with Gasteiger partial charge in [0.2, 0.25) is 0 Å². The standard InChI is InChI=1S/C21H18FN3OS/c1-2-3-4-13-26-19-9-5-7-15(20(19)22)14-24-21(27)18-11-10-16-17(25-18)8-6-12-23-16/h1,5-12H,3-4,13-14H2,(H,24,27). The van der Waals surface area contributed by atoms with Crippen LogP contribution in [0, 0.1) is 18.2 Å². The predicted octanol–water partition coefficient (Wildman–Crippen LogP) is 4.03. The van der Waals surface area contributed by atoms with Crippen molar-refractivity contribution in [2.45, 2.75) is 19.4 Å². The molecule has 1 N–H and O–H groups in total. The highest BCUT2D eigenvalue weighted by Gasteiger charge is 2.11. The molecule has 0 unspecified atom stereocenters. The van der Waals surface area contributed by atoms with E-state index in [1.165, 1.54) is 0 Å². The van der Waals surface area contributed by atoms with Gasteiger partial charge in [-0.25, -0.2) is 9.37 Å². The number of halogens is 1. The highest BCUT2D eigenvalue weighted by atomic mass is 32.1. The third kappa shape index (κ3) is 4.78. The Morgan fingerprint density at radius 3 is 2.93 bits per heavy atom. The summed E-state index contributed by atoms with van der Waals surface area (Å²) in [5, 5.41) is 3.05. The van der Waals surface area contributed by atoms with Gasteiger partial charge >= 0.3 is 0 Å². The van der Waals surface area contributed by atoms with E-state index < -0.39 is 5.82 Å². The SMILES string of the molecule is C#CCCCOc1cccc(CNC(=S)c2ccc3ncccc3n2)c1F. The molecule has 136 valence electrons. The van der Waals surface area contributed by atoms with Gasteiger partial charge in [0.05, 0.1) is 23.3 Å². The average Bonchev–Trinajstić information content (AvgIpc) is 2.70. The number of thiocarbonyl (C=S) groups is 1. The summed E-state index contributed by atoms with van der Waals surface area (Å²) in [5.41, 5.74) is 2.64. The van der Waals surface area contributed by atoms with Crippen LogP contribution in [0.2, 0.25) is 0 Å². The molecule has 4 nitrogen and oxygen atoms in total. The Kier molecular flexibility index (Phi) is 6.29. The molecule has 0 saturated heterocycles. The van der Waals surface area contributed by atoms with Crippen molar-refractivity contribution >= 4 is 28.2 Å². The van der Waals surface area contributed by atoms with Crippen molar-refractivity contribution in [3.05, 3.63) is 65.7 Å². The number of nitrogens with one attached hydrogen (secondary N) is 1. The second-order valence-electron chi connectivity index (χ2n) is 5.81. The summed E-state index contributed by atoms with van der Waals surface area (Å²) in [7, 11) is 0. The molecule has 27 heavy (non-hydrogen) atoms. The normalized spacial score (nSPS) is 10.4. The summed E-state index contributed by atoms with van der Waals surface area (Å²) in [6, 6.07) is 12.4. The Labute approximate surface area is 162 Å². The van der Waals surface area contributed by atoms with Gasteiger partial charge in [-0.05, 0) is 36.8 Å². The summed E-state index contributed by atoms with van der Waals surface area (Å²) in [6.07, 6.45) is 8.20. The lowest BCUT2D eigenvalue weighted by Crippen LogP contribution is -2.23. The number of pyridine rings is 2. The summed E-state index contributed by atoms with van der Waals surface area (Å²) >= 11 is 5.39. The van der Waals surface area contributed by atoms with Gasteiger partial charge in [-0.2, -0.15) is 0 Å². The number of hydrogen-bond donors (Lipinski definition) is 1. The Balaban J connectivity index is 1.65. The number of rotatable bonds is 7. The summed E-state index contributed by atoms with van der Waals surface area (Å²) in [5.74, 6) is 2.35. The molecular formula is C21H18FN3OS. The molecule has 2 aromatic heterocycles. The number of unbranched alkanes of at least 4 members (excludes halogenated alkanes) is 1. The monoisotopic (exact) mass is 379 g/mol. The maximum atomic E-state index is 14.6. The quantitative estimate of drug-likeness (QED) is 0.382. The Hall–Kier alpha value is -3.04. The van der Waals surface area contributed by atoms with Gasteiger partial charge in [-0.3, -0.25) is 4.98 Å². The topological polar surface area (TPSA) is 47.0 Å². The van der Waals surface area contributed by atoms with E-state index in [2.05, 4.69) is 21.2 Å². The Morgan fingerprint density at radius 1 is 1.19 bits per heavy atom. The molecule has 3 rings (SSSR count). The van der Waals surface area contributed by atoms with Crippen molar-refractivity contribution in [3.63, 3.8) is 0 Å². The zero-order valence-corrected chi connectivity index (χ0v) is 15.4. The fourth-order valence-corrected chi connectivity index (χ4v) is 2.70. The van der Waals surface area contributed by atoms with E-state index >= 15 is 0 Å². The predicted molar refractivity (Wildman–Crippen MR) is 108 cm³/mol. The van der Waals surface area contributed by atoms with Crippen LogP contribution in [0.3, 0.4) is 0 Å². The van der Waals surface area contributed by atoms with Gasteiger partial charge in [0.1, 0.15) is 4.99 Å². The number of terminal acetylenes is 1. The van der Waals surface area contributed by atoms with Crippen molar-refractivity contribution in [3.8, 4) is 18.1 Å².